The van der Waals surface area contributed by atoms with Gasteiger partial charge in [-0.25, -0.2) is 0 Å². The van der Waals surface area contributed by atoms with Crippen LogP contribution in [0.2, 0.25) is 5.02 Å². The molecule has 1 fully saturated rings. The number of halogens is 1. The second kappa shape index (κ2) is 10.3. The van der Waals surface area contributed by atoms with E-state index in [9.17, 15) is 4.79 Å². The van der Waals surface area contributed by atoms with Gasteiger partial charge in [0.05, 0.1) is 23.8 Å². The topological polar surface area (TPSA) is 47.4 Å². The molecule has 3 aromatic rings. The number of fused-ring (bicyclic) bond motifs is 1. The number of aryl methyl sites for hydroxylation is 1. The highest BCUT2D eigenvalue weighted by atomic mass is 35.5. The van der Waals surface area contributed by atoms with E-state index >= 15 is 0 Å². The lowest BCUT2D eigenvalue weighted by molar-refractivity contribution is 0.174. The van der Waals surface area contributed by atoms with E-state index < -0.39 is 0 Å². The first-order valence-corrected chi connectivity index (χ1v) is 11.6. The van der Waals surface area contributed by atoms with Crippen LogP contribution in [0.15, 0.2) is 53.5 Å². The van der Waals surface area contributed by atoms with Crippen molar-refractivity contribution in [2.75, 3.05) is 26.2 Å². The minimum Gasteiger partial charge on any atom is -0.492 e. The number of ether oxygens (including phenoxy) is 1. The zero-order valence-corrected chi connectivity index (χ0v) is 18.9. The molecule has 0 N–H and O–H groups in total. The van der Waals surface area contributed by atoms with Crippen molar-refractivity contribution in [1.29, 1.82) is 0 Å². The highest BCUT2D eigenvalue weighted by Gasteiger charge is 2.19. The molecule has 0 amide bonds. The predicted octanol–water partition coefficient (Wildman–Crippen LogP) is 4.79. The zero-order chi connectivity index (χ0) is 21.6. The fraction of sp³-hybridized carbons (Fsp3) is 0.440. The van der Waals surface area contributed by atoms with Gasteiger partial charge in [-0.3, -0.25) is 9.78 Å². The quantitative estimate of drug-likeness (QED) is 0.506. The van der Waals surface area contributed by atoms with Crippen LogP contribution < -0.4 is 10.3 Å². The van der Waals surface area contributed by atoms with Crippen molar-refractivity contribution < 1.29 is 4.74 Å². The highest BCUT2D eigenvalue weighted by Crippen LogP contribution is 2.23. The third kappa shape index (κ3) is 5.66. The molecule has 0 aliphatic carbocycles. The molecule has 6 heteroatoms. The van der Waals surface area contributed by atoms with Crippen LogP contribution in [0.3, 0.4) is 0 Å². The summed E-state index contributed by atoms with van der Waals surface area (Å²) in [6.07, 6.45) is 6.49. The van der Waals surface area contributed by atoms with E-state index in [1.54, 1.807) is 18.3 Å². The first-order valence-electron chi connectivity index (χ1n) is 11.2. The molecule has 164 valence electrons. The molecule has 5 nitrogen and oxygen atoms in total. The molecule has 1 aliphatic rings. The number of hydrogen-bond donors (Lipinski definition) is 0. The number of benzene rings is 1. The maximum atomic E-state index is 12.5. The standard InChI is InChI=1S/C25H30ClN3O2/c1-2-31-22-17-24-23(27-18-22)9-10-25(30)29(24)16-15-28-13-11-20(12-14-28)4-3-19-5-7-21(26)8-6-19/h5-10,17-18,20H,2-4,11-16H2,1H3. The normalized spacial score (nSPS) is 15.4. The second-order valence-electron chi connectivity index (χ2n) is 8.28. The van der Waals surface area contributed by atoms with Crippen molar-refractivity contribution in [3.05, 3.63) is 69.6 Å². The summed E-state index contributed by atoms with van der Waals surface area (Å²) >= 11 is 5.98. The third-order valence-corrected chi connectivity index (χ3v) is 6.48. The smallest absolute Gasteiger partial charge is 0.251 e. The Balaban J connectivity index is 1.31. The number of likely N-dealkylation sites (tertiary alicyclic amines) is 1. The Labute approximate surface area is 188 Å². The summed E-state index contributed by atoms with van der Waals surface area (Å²) in [5, 5.41) is 0.798. The lowest BCUT2D eigenvalue weighted by atomic mass is 9.90. The summed E-state index contributed by atoms with van der Waals surface area (Å²) in [5.41, 5.74) is 3.04. The van der Waals surface area contributed by atoms with E-state index in [-0.39, 0.29) is 5.56 Å². The fourth-order valence-electron chi connectivity index (χ4n) is 4.39. The van der Waals surface area contributed by atoms with Crippen LogP contribution >= 0.6 is 11.6 Å². The summed E-state index contributed by atoms with van der Waals surface area (Å²) in [5.74, 6) is 1.47. The molecule has 31 heavy (non-hydrogen) atoms. The van der Waals surface area contributed by atoms with Crippen molar-refractivity contribution in [2.24, 2.45) is 5.92 Å². The van der Waals surface area contributed by atoms with Crippen LogP contribution in [0.5, 0.6) is 5.75 Å². The van der Waals surface area contributed by atoms with Gasteiger partial charge in [0, 0.05) is 30.2 Å². The SMILES string of the molecule is CCOc1cnc2ccc(=O)n(CCN3CCC(CCc4ccc(Cl)cc4)CC3)c2c1. The van der Waals surface area contributed by atoms with Crippen LogP contribution in [0.25, 0.3) is 11.0 Å². The van der Waals surface area contributed by atoms with Crippen LogP contribution in [0.1, 0.15) is 31.7 Å². The Morgan fingerprint density at radius 3 is 2.61 bits per heavy atom. The molecule has 0 atom stereocenters. The monoisotopic (exact) mass is 439 g/mol. The summed E-state index contributed by atoms with van der Waals surface area (Å²) in [7, 11) is 0. The van der Waals surface area contributed by atoms with Gasteiger partial charge >= 0.3 is 0 Å². The van der Waals surface area contributed by atoms with Gasteiger partial charge < -0.3 is 14.2 Å². The molecular weight excluding hydrogens is 410 g/mol. The largest absolute Gasteiger partial charge is 0.492 e. The van der Waals surface area contributed by atoms with Crippen LogP contribution in [0, 0.1) is 5.92 Å². The van der Waals surface area contributed by atoms with E-state index in [0.717, 1.165) is 48.0 Å². The molecular formula is C25H30ClN3O2. The van der Waals surface area contributed by atoms with E-state index in [1.165, 1.54) is 24.8 Å². The van der Waals surface area contributed by atoms with Crippen molar-refractivity contribution in [1.82, 2.24) is 14.5 Å². The van der Waals surface area contributed by atoms with Gasteiger partial charge in [0.25, 0.3) is 5.56 Å². The number of aromatic nitrogens is 2. The lowest BCUT2D eigenvalue weighted by Gasteiger charge is -2.32. The minimum absolute atomic E-state index is 0.0146. The molecule has 0 radical (unpaired) electrons. The second-order valence-corrected chi connectivity index (χ2v) is 8.72. The van der Waals surface area contributed by atoms with Gasteiger partial charge in [-0.1, -0.05) is 23.7 Å². The minimum atomic E-state index is 0.0146. The van der Waals surface area contributed by atoms with Gasteiger partial charge in [0.15, 0.2) is 0 Å². The molecule has 2 aromatic heterocycles. The molecule has 1 aliphatic heterocycles. The number of hydrogen-bond acceptors (Lipinski definition) is 4. The Morgan fingerprint density at radius 2 is 1.87 bits per heavy atom. The Hall–Kier alpha value is -2.37. The number of rotatable bonds is 8. The van der Waals surface area contributed by atoms with Gasteiger partial charge in [0.1, 0.15) is 5.75 Å². The molecule has 3 heterocycles. The summed E-state index contributed by atoms with van der Waals surface area (Å²) < 4.78 is 7.41. The Kier molecular flexibility index (Phi) is 7.25. The molecule has 0 unspecified atom stereocenters. The van der Waals surface area contributed by atoms with Gasteiger partial charge in [-0.05, 0) is 75.4 Å². The highest BCUT2D eigenvalue weighted by molar-refractivity contribution is 6.30. The van der Waals surface area contributed by atoms with Crippen LogP contribution in [-0.2, 0) is 13.0 Å². The first kappa shape index (κ1) is 21.8. The van der Waals surface area contributed by atoms with Gasteiger partial charge in [-0.15, -0.1) is 0 Å². The lowest BCUT2D eigenvalue weighted by Crippen LogP contribution is -2.37. The average Bonchev–Trinajstić information content (AvgIpc) is 2.79. The van der Waals surface area contributed by atoms with E-state index in [1.807, 2.05) is 29.7 Å². The number of piperidine rings is 1. The fourth-order valence-corrected chi connectivity index (χ4v) is 4.51. The Bertz CT molecular complexity index is 1060. The summed E-state index contributed by atoms with van der Waals surface area (Å²) in [6, 6.07) is 13.5. The van der Waals surface area contributed by atoms with E-state index in [2.05, 4.69) is 22.0 Å². The van der Waals surface area contributed by atoms with Crippen molar-refractivity contribution in [2.45, 2.75) is 39.2 Å². The number of pyridine rings is 2. The van der Waals surface area contributed by atoms with E-state index in [4.69, 9.17) is 16.3 Å². The summed E-state index contributed by atoms with van der Waals surface area (Å²) in [6.45, 7) is 6.25. The molecule has 1 saturated heterocycles. The van der Waals surface area contributed by atoms with E-state index in [0.29, 0.717) is 18.9 Å². The van der Waals surface area contributed by atoms with Crippen molar-refractivity contribution >= 4 is 22.6 Å². The maximum Gasteiger partial charge on any atom is 0.251 e. The third-order valence-electron chi connectivity index (χ3n) is 6.23. The summed E-state index contributed by atoms with van der Waals surface area (Å²) in [4.78, 5) is 19.5. The number of nitrogens with zero attached hydrogens (tertiary/aromatic N) is 3. The average molecular weight is 440 g/mol. The molecule has 0 saturated carbocycles. The molecule has 0 bridgehead atoms. The van der Waals surface area contributed by atoms with Crippen molar-refractivity contribution in [3.63, 3.8) is 0 Å². The van der Waals surface area contributed by atoms with Crippen LogP contribution in [0.4, 0.5) is 0 Å². The molecule has 4 rings (SSSR count). The zero-order valence-electron chi connectivity index (χ0n) is 18.1. The predicted molar refractivity (Wildman–Crippen MR) is 126 cm³/mol. The van der Waals surface area contributed by atoms with Crippen LogP contribution in [-0.4, -0.2) is 40.7 Å². The molecule has 1 aromatic carbocycles. The molecule has 0 spiro atoms. The van der Waals surface area contributed by atoms with Gasteiger partial charge in [0.2, 0.25) is 0 Å². The van der Waals surface area contributed by atoms with Gasteiger partial charge in [-0.2, -0.15) is 0 Å². The Morgan fingerprint density at radius 1 is 1.10 bits per heavy atom. The first-order chi connectivity index (χ1) is 15.1. The maximum absolute atomic E-state index is 12.5. The van der Waals surface area contributed by atoms with Crippen molar-refractivity contribution in [3.8, 4) is 5.75 Å².